The quantitative estimate of drug-likeness (QED) is 0.400. The van der Waals surface area contributed by atoms with Gasteiger partial charge < -0.3 is 0 Å². The van der Waals surface area contributed by atoms with Crippen LogP contribution in [0.1, 0.15) is 13.8 Å². The van der Waals surface area contributed by atoms with Crippen LogP contribution in [-0.2, 0) is 4.79 Å². The Labute approximate surface area is 130 Å². The molecule has 0 bridgehead atoms. The van der Waals surface area contributed by atoms with Crippen LogP contribution in [0.5, 0.6) is 0 Å². The Hall–Kier alpha value is -0.121. The minimum absolute atomic E-state index is 0.0805. The van der Waals surface area contributed by atoms with Gasteiger partial charge in [0.05, 0.1) is 0 Å². The summed E-state index contributed by atoms with van der Waals surface area (Å²) >= 11 is 5.47. The molecule has 1 unspecified atom stereocenters. The van der Waals surface area contributed by atoms with Crippen molar-refractivity contribution in [3.63, 3.8) is 0 Å². The molecule has 6 nitrogen and oxygen atoms in total. The van der Waals surface area contributed by atoms with Gasteiger partial charge in [0.2, 0.25) is 0 Å². The molecule has 3 amide bonds. The van der Waals surface area contributed by atoms with E-state index in [-0.39, 0.29) is 22.8 Å². The molecule has 0 saturated carbocycles. The number of thiocarbonyl (C=S) groups is 1. The molecule has 1 saturated heterocycles. The molecule has 1 aliphatic heterocycles. The van der Waals surface area contributed by atoms with Gasteiger partial charge in [0.1, 0.15) is 0 Å². The van der Waals surface area contributed by atoms with Gasteiger partial charge in [-0.05, 0) is 0 Å². The van der Waals surface area contributed by atoms with E-state index in [9.17, 15) is 14.4 Å². The van der Waals surface area contributed by atoms with Crippen LogP contribution < -0.4 is 10.6 Å². The number of hydrogen-bond donors (Lipinski definition) is 2. The monoisotopic (exact) mass is 387 g/mol. The molecule has 10 heteroatoms. The van der Waals surface area contributed by atoms with E-state index in [2.05, 4.69) is 14.9 Å². The van der Waals surface area contributed by atoms with Gasteiger partial charge in [-0.15, -0.1) is 0 Å². The number of thioether (sulfide) groups is 1. The molecule has 19 heavy (non-hydrogen) atoms. The number of urea groups is 1. The summed E-state index contributed by atoms with van der Waals surface area (Å²) in [5.74, 6) is -0.532. The summed E-state index contributed by atoms with van der Waals surface area (Å²) in [6.07, 6.45) is 0. The Morgan fingerprint density at radius 2 is 2.00 bits per heavy atom. The summed E-state index contributed by atoms with van der Waals surface area (Å²) in [6.45, 7) is 5.76. The third-order valence-corrected chi connectivity index (χ3v) is 8.70. The van der Waals surface area contributed by atoms with Gasteiger partial charge in [-0.25, -0.2) is 0 Å². The molecule has 1 heterocycles. The van der Waals surface area contributed by atoms with Crippen LogP contribution in [0.15, 0.2) is 0 Å². The van der Waals surface area contributed by atoms with Crippen LogP contribution >= 0.6 is 34.3 Å². The molecule has 0 aromatic heterocycles. The van der Waals surface area contributed by atoms with Crippen LogP contribution in [0.3, 0.4) is 0 Å². The number of nitrogens with one attached hydrogen (secondary N) is 2. The molecule has 0 spiro atoms. The Morgan fingerprint density at radius 3 is 2.53 bits per heavy atom. The first kappa shape index (κ1) is 16.9. The number of carbonyl (C=O) groups is 3. The molecule has 0 aromatic carbocycles. The van der Waals surface area contributed by atoms with E-state index in [4.69, 9.17) is 12.2 Å². The van der Waals surface area contributed by atoms with Gasteiger partial charge >= 0.3 is 131 Å². The molecule has 0 aliphatic carbocycles. The van der Waals surface area contributed by atoms with Gasteiger partial charge in [-0.3, -0.25) is 0 Å². The molecular formula is C9H13N3O3S3Se. The predicted octanol–water partition coefficient (Wildman–Crippen LogP) is 0.984. The van der Waals surface area contributed by atoms with Crippen LogP contribution in [0.25, 0.3) is 0 Å². The average molecular weight is 386 g/mol. The van der Waals surface area contributed by atoms with Crippen molar-refractivity contribution >= 4 is 69.1 Å². The Morgan fingerprint density at radius 1 is 1.37 bits per heavy atom. The fourth-order valence-corrected chi connectivity index (χ4v) is 6.74. The fraction of sp³-hybridized carbons (Fsp3) is 0.556. The van der Waals surface area contributed by atoms with Gasteiger partial charge in [-0.1, -0.05) is 0 Å². The zero-order valence-electron chi connectivity index (χ0n) is 10.3. The zero-order chi connectivity index (χ0) is 14.4. The number of amides is 3. The minimum atomic E-state index is -0.806. The van der Waals surface area contributed by atoms with Crippen molar-refractivity contribution < 1.29 is 14.4 Å². The first-order valence-electron chi connectivity index (χ1n) is 5.43. The molecule has 1 aliphatic rings. The predicted molar refractivity (Wildman–Crippen MR) is 82.3 cm³/mol. The molecule has 1 atom stereocenters. The van der Waals surface area contributed by atoms with E-state index in [1.54, 1.807) is 0 Å². The Kier molecular flexibility index (Phi) is 7.33. The van der Waals surface area contributed by atoms with Crippen molar-refractivity contribution in [1.29, 1.82) is 0 Å². The SMILES string of the molecule is CCN(CC)S[Se]C(=O)SC1C(=O)NC(=O)NC1=S. The molecule has 106 valence electrons. The normalized spacial score (nSPS) is 19.3. The third-order valence-electron chi connectivity index (χ3n) is 2.08. The number of rotatable bonds is 6. The van der Waals surface area contributed by atoms with E-state index in [0.29, 0.717) is 0 Å². The summed E-state index contributed by atoms with van der Waals surface area (Å²) in [5, 5.41) is 3.62. The first-order valence-corrected chi connectivity index (χ1v) is 10.4. The van der Waals surface area contributed by atoms with Gasteiger partial charge in [0.25, 0.3) is 0 Å². The van der Waals surface area contributed by atoms with E-state index in [1.165, 1.54) is 10.4 Å². The Balaban J connectivity index is 2.45. The number of nitrogens with zero attached hydrogens (tertiary/aromatic N) is 1. The molecule has 2 N–H and O–H groups in total. The second-order valence-electron chi connectivity index (χ2n) is 3.33. The summed E-state index contributed by atoms with van der Waals surface area (Å²) in [6, 6.07) is -0.637. The van der Waals surface area contributed by atoms with Crippen LogP contribution in [-0.4, -0.2) is 57.4 Å². The second kappa shape index (κ2) is 8.23. The van der Waals surface area contributed by atoms with Crippen LogP contribution in [0.2, 0.25) is 0 Å². The molecule has 0 aromatic rings. The maximum absolute atomic E-state index is 11.8. The summed E-state index contributed by atoms with van der Waals surface area (Å²) in [5.41, 5.74) is 0. The van der Waals surface area contributed by atoms with Crippen molar-refractivity contribution in [2.75, 3.05) is 13.1 Å². The summed E-state index contributed by atoms with van der Waals surface area (Å²) in [4.78, 5) is 34.4. The molecule has 0 radical (unpaired) electrons. The maximum atomic E-state index is 11.8. The van der Waals surface area contributed by atoms with Crippen LogP contribution in [0.4, 0.5) is 9.59 Å². The van der Waals surface area contributed by atoms with Crippen molar-refractivity contribution in [3.05, 3.63) is 0 Å². The summed E-state index contributed by atoms with van der Waals surface area (Å²) < 4.78 is 1.99. The number of hydrogen-bond acceptors (Lipinski definition) is 7. The first-order chi connectivity index (χ1) is 8.97. The molecule has 1 fully saturated rings. The van der Waals surface area contributed by atoms with Crippen molar-refractivity contribution in [2.24, 2.45) is 0 Å². The molecule has 1 rings (SSSR count). The third kappa shape index (κ3) is 5.41. The van der Waals surface area contributed by atoms with Gasteiger partial charge in [0, 0.05) is 0 Å². The van der Waals surface area contributed by atoms with Crippen molar-refractivity contribution in [2.45, 2.75) is 19.1 Å². The average Bonchev–Trinajstić information content (AvgIpc) is 2.35. The summed E-state index contributed by atoms with van der Waals surface area (Å²) in [7, 11) is 1.48. The van der Waals surface area contributed by atoms with E-state index < -0.39 is 17.2 Å². The van der Waals surface area contributed by atoms with Crippen molar-refractivity contribution in [1.82, 2.24) is 14.9 Å². The fourth-order valence-electron chi connectivity index (χ4n) is 1.14. The zero-order valence-corrected chi connectivity index (χ0v) is 14.5. The molecular weight excluding hydrogens is 373 g/mol. The van der Waals surface area contributed by atoms with Gasteiger partial charge in [-0.2, -0.15) is 0 Å². The van der Waals surface area contributed by atoms with Crippen molar-refractivity contribution in [3.8, 4) is 0 Å². The topological polar surface area (TPSA) is 78.5 Å². The second-order valence-corrected chi connectivity index (χ2v) is 9.03. The van der Waals surface area contributed by atoms with E-state index in [0.717, 1.165) is 24.9 Å². The Bertz CT molecular complexity index is 383. The van der Waals surface area contributed by atoms with E-state index >= 15 is 0 Å². The van der Waals surface area contributed by atoms with Crippen LogP contribution in [0, 0.1) is 0 Å². The number of carbonyl (C=O) groups excluding carboxylic acids is 3. The van der Waals surface area contributed by atoms with Gasteiger partial charge in [0.15, 0.2) is 0 Å². The van der Waals surface area contributed by atoms with E-state index in [1.807, 2.05) is 13.8 Å². The standard InChI is InChI=1S/C9H13N3O3S3Se/c1-3-12(4-2)18-19-9(15)17-5-6(13)10-8(14)11-7(5)16/h5H,3-4H2,1-2H3,(H2,10,11,13,14,16). The number of imide groups is 1.